The molecule has 1 atom stereocenters. The highest BCUT2D eigenvalue weighted by atomic mass is 35.5. The molecule has 1 aliphatic carbocycles. The van der Waals surface area contributed by atoms with Gasteiger partial charge in [-0.1, -0.05) is 53.5 Å². The van der Waals surface area contributed by atoms with Crippen LogP contribution >= 0.6 is 23.2 Å². The molecule has 1 aromatic heterocycles. The van der Waals surface area contributed by atoms with Crippen molar-refractivity contribution in [3.8, 4) is 16.9 Å². The van der Waals surface area contributed by atoms with Gasteiger partial charge in [-0.25, -0.2) is 13.4 Å². The molecule has 1 aliphatic rings. The summed E-state index contributed by atoms with van der Waals surface area (Å²) in [5, 5.41) is 10.5. The Balaban J connectivity index is 1.51. The molecule has 0 saturated heterocycles. The maximum Gasteiger partial charge on any atom is 0.387 e. The van der Waals surface area contributed by atoms with E-state index >= 15 is 0 Å². The first-order valence-corrected chi connectivity index (χ1v) is 13.9. The van der Waals surface area contributed by atoms with Crippen molar-refractivity contribution < 1.29 is 27.0 Å². The first-order valence-electron chi connectivity index (χ1n) is 11.5. The van der Waals surface area contributed by atoms with E-state index in [9.17, 15) is 22.3 Å². The maximum absolute atomic E-state index is 12.9. The van der Waals surface area contributed by atoms with Gasteiger partial charge in [0.05, 0.1) is 38.7 Å². The van der Waals surface area contributed by atoms with Crippen molar-refractivity contribution in [3.05, 3.63) is 76.0 Å². The molecule has 0 spiro atoms. The number of ether oxygens (including phenoxy) is 1. The normalized spacial score (nSPS) is 14.9. The third-order valence-electron chi connectivity index (χ3n) is 6.37. The maximum atomic E-state index is 12.9. The quantitative estimate of drug-likeness (QED) is 0.243. The van der Waals surface area contributed by atoms with Gasteiger partial charge >= 0.3 is 6.61 Å². The van der Waals surface area contributed by atoms with Gasteiger partial charge < -0.3 is 14.8 Å². The molecule has 0 radical (unpaired) electrons. The lowest BCUT2D eigenvalue weighted by molar-refractivity contribution is -0.0494. The van der Waals surface area contributed by atoms with E-state index in [1.165, 1.54) is 6.07 Å². The summed E-state index contributed by atoms with van der Waals surface area (Å²) >= 11 is 13.2. The summed E-state index contributed by atoms with van der Waals surface area (Å²) in [5.74, 6) is 0.0904. The highest BCUT2D eigenvalue weighted by Crippen LogP contribution is 2.44. The van der Waals surface area contributed by atoms with Crippen molar-refractivity contribution in [1.82, 2.24) is 9.97 Å². The number of nitrogens with zero attached hydrogens (tertiary/aromatic N) is 1. The monoisotopic (exact) mass is 566 g/mol. The van der Waals surface area contributed by atoms with Crippen molar-refractivity contribution in [3.63, 3.8) is 0 Å². The van der Waals surface area contributed by atoms with E-state index in [2.05, 4.69) is 14.7 Å². The molecule has 0 bridgehead atoms. The number of aromatic nitrogens is 2. The third-order valence-corrected chi connectivity index (χ3v) is 8.93. The second-order valence-corrected chi connectivity index (χ2v) is 11.8. The molecule has 6 nitrogen and oxygen atoms in total. The first-order chi connectivity index (χ1) is 17.7. The number of rotatable bonds is 9. The van der Waals surface area contributed by atoms with Crippen molar-refractivity contribution in [2.24, 2.45) is 5.92 Å². The van der Waals surface area contributed by atoms with Crippen LogP contribution in [0.4, 0.5) is 8.78 Å². The lowest BCUT2D eigenvalue weighted by Gasteiger charge is -2.13. The number of aromatic amines is 1. The molecule has 194 valence electrons. The van der Waals surface area contributed by atoms with Gasteiger partial charge in [0.25, 0.3) is 0 Å². The van der Waals surface area contributed by atoms with Crippen LogP contribution in [0.1, 0.15) is 30.1 Å². The minimum absolute atomic E-state index is 0.0821. The van der Waals surface area contributed by atoms with Crippen molar-refractivity contribution >= 4 is 44.1 Å². The predicted octanol–water partition coefficient (Wildman–Crippen LogP) is 6.45. The number of para-hydroxylation sites is 1. The van der Waals surface area contributed by atoms with Gasteiger partial charge in [0.1, 0.15) is 17.1 Å². The Hall–Kier alpha value is -2.72. The van der Waals surface area contributed by atoms with Crippen LogP contribution < -0.4 is 4.74 Å². The fourth-order valence-corrected chi connectivity index (χ4v) is 6.73. The number of hydrogen-bond donors (Lipinski definition) is 2. The molecule has 1 unspecified atom stereocenters. The summed E-state index contributed by atoms with van der Waals surface area (Å²) in [4.78, 5) is 7.95. The van der Waals surface area contributed by atoms with Gasteiger partial charge in [-0.05, 0) is 48.6 Å². The number of alkyl halides is 2. The molecule has 5 rings (SSSR count). The number of aliphatic hydroxyl groups excluding tert-OH is 1. The smallest absolute Gasteiger partial charge is 0.387 e. The van der Waals surface area contributed by atoms with Crippen molar-refractivity contribution in [1.29, 1.82) is 0 Å². The van der Waals surface area contributed by atoms with Crippen LogP contribution in [0.15, 0.2) is 59.5 Å². The summed E-state index contributed by atoms with van der Waals surface area (Å²) in [5.41, 5.74) is 2.06. The molecule has 11 heteroatoms. The third kappa shape index (κ3) is 5.31. The molecule has 2 N–H and O–H groups in total. The van der Waals surface area contributed by atoms with Gasteiger partial charge in [-0.2, -0.15) is 8.78 Å². The number of hydrogen-bond acceptors (Lipinski definition) is 5. The summed E-state index contributed by atoms with van der Waals surface area (Å²) in [6, 6.07) is 14.2. The van der Waals surface area contributed by atoms with E-state index in [-0.39, 0.29) is 50.1 Å². The number of halogens is 4. The fourth-order valence-electron chi connectivity index (χ4n) is 4.33. The molecule has 4 aromatic rings. The summed E-state index contributed by atoms with van der Waals surface area (Å²) < 4.78 is 55.7. The Bertz CT molecular complexity index is 1560. The van der Waals surface area contributed by atoms with E-state index < -0.39 is 22.4 Å². The zero-order chi connectivity index (χ0) is 26.3. The number of H-pyrrole nitrogens is 1. The summed E-state index contributed by atoms with van der Waals surface area (Å²) in [6.45, 7) is -3.34. The van der Waals surface area contributed by atoms with E-state index in [0.29, 0.717) is 22.4 Å². The van der Waals surface area contributed by atoms with E-state index in [1.54, 1.807) is 48.5 Å². The van der Waals surface area contributed by atoms with Gasteiger partial charge in [-0.15, -0.1) is 0 Å². The topological polar surface area (TPSA) is 92.3 Å². The standard InChI is InChI=1S/C26H22Cl2F2N2O4S/c27-19-11-20-24(23(28)22(19)17-3-1-2-4-21(17)36-26(29)30)32-25(31-20)18(12-33)15-7-9-16(10-8-15)37(34,35)13-14-5-6-14/h1-4,7-11,14,18,26,33H,5-6,12-13H2,(H,31,32). The molecule has 1 fully saturated rings. The molecule has 37 heavy (non-hydrogen) atoms. The average molecular weight is 567 g/mol. The Morgan fingerprint density at radius 3 is 2.46 bits per heavy atom. The molecular weight excluding hydrogens is 545 g/mol. The predicted molar refractivity (Wildman–Crippen MR) is 138 cm³/mol. The zero-order valence-electron chi connectivity index (χ0n) is 19.3. The van der Waals surface area contributed by atoms with E-state index in [1.807, 2.05) is 0 Å². The van der Waals surface area contributed by atoms with Crippen LogP contribution in [-0.2, 0) is 9.84 Å². The molecular formula is C26H22Cl2F2N2O4S. The van der Waals surface area contributed by atoms with Crippen molar-refractivity contribution in [2.75, 3.05) is 12.4 Å². The molecule has 0 aliphatic heterocycles. The highest BCUT2D eigenvalue weighted by Gasteiger charge is 2.29. The van der Waals surface area contributed by atoms with Gasteiger partial charge in [0.2, 0.25) is 0 Å². The van der Waals surface area contributed by atoms with Gasteiger partial charge in [0.15, 0.2) is 9.84 Å². The van der Waals surface area contributed by atoms with Gasteiger partial charge in [0, 0.05) is 11.1 Å². The van der Waals surface area contributed by atoms with E-state index in [0.717, 1.165) is 12.8 Å². The van der Waals surface area contributed by atoms with E-state index in [4.69, 9.17) is 23.2 Å². The Labute approximate surface area is 222 Å². The lowest BCUT2D eigenvalue weighted by Crippen LogP contribution is -2.10. The molecule has 3 aromatic carbocycles. The highest BCUT2D eigenvalue weighted by molar-refractivity contribution is 7.91. The van der Waals surface area contributed by atoms with Crippen LogP contribution in [-0.4, -0.2) is 42.5 Å². The second-order valence-electron chi connectivity index (χ2n) is 8.97. The number of nitrogens with one attached hydrogen (secondary N) is 1. The first kappa shape index (κ1) is 25.9. The number of imidazole rings is 1. The Kier molecular flexibility index (Phi) is 7.15. The minimum Gasteiger partial charge on any atom is -0.434 e. The number of sulfone groups is 1. The van der Waals surface area contributed by atoms with Crippen LogP contribution in [0.25, 0.3) is 22.2 Å². The van der Waals surface area contributed by atoms with Crippen molar-refractivity contribution in [2.45, 2.75) is 30.3 Å². The average Bonchev–Trinajstić information content (AvgIpc) is 3.56. The Morgan fingerprint density at radius 2 is 1.81 bits per heavy atom. The number of benzene rings is 3. The van der Waals surface area contributed by atoms with Crippen LogP contribution in [0.5, 0.6) is 5.75 Å². The SMILES string of the molecule is O=S(=O)(CC1CC1)c1ccc(C(CO)c2nc3c(Cl)c(-c4ccccc4OC(F)F)c(Cl)cc3[nH]2)cc1. The zero-order valence-corrected chi connectivity index (χ0v) is 21.6. The number of fused-ring (bicyclic) bond motifs is 1. The van der Waals surface area contributed by atoms with Crippen LogP contribution in [0.3, 0.4) is 0 Å². The van der Waals surface area contributed by atoms with Crippen LogP contribution in [0, 0.1) is 5.92 Å². The van der Waals surface area contributed by atoms with Gasteiger partial charge in [-0.3, -0.25) is 0 Å². The largest absolute Gasteiger partial charge is 0.434 e. The number of aliphatic hydroxyl groups is 1. The summed E-state index contributed by atoms with van der Waals surface area (Å²) in [7, 11) is -3.36. The summed E-state index contributed by atoms with van der Waals surface area (Å²) in [6.07, 6.45) is 1.88. The second kappa shape index (κ2) is 10.2. The molecule has 1 heterocycles. The minimum atomic E-state index is -3.36. The lowest BCUT2D eigenvalue weighted by atomic mass is 9.99. The Morgan fingerprint density at radius 1 is 1.11 bits per heavy atom. The molecule has 0 amide bonds. The fraction of sp³-hybridized carbons (Fsp3) is 0.269. The van der Waals surface area contributed by atoms with Crippen LogP contribution in [0.2, 0.25) is 10.0 Å². The molecule has 1 saturated carbocycles.